The topological polar surface area (TPSA) is 71.5 Å². The standard InChI is InChI=1S/C23H34FN5O2/c1-22(2)11-10-16(13-23(3,4)29(22)5)26-20-17(24)14-25-21(28-20)27-15-8-9-18(30-6)19(12-15)31-7/h8-9,12,14,16H,10-11,13H2,1-7H3,(H2,25,26,27,28). The number of hydrogen-bond donors (Lipinski definition) is 2. The van der Waals surface area contributed by atoms with Crippen molar-refractivity contribution in [3.63, 3.8) is 0 Å². The van der Waals surface area contributed by atoms with Crippen molar-refractivity contribution < 1.29 is 13.9 Å². The van der Waals surface area contributed by atoms with E-state index >= 15 is 0 Å². The normalized spacial score (nSPS) is 20.6. The average molecular weight is 432 g/mol. The summed E-state index contributed by atoms with van der Waals surface area (Å²) in [6.45, 7) is 8.98. The molecular weight excluding hydrogens is 397 g/mol. The Kier molecular flexibility index (Phi) is 6.59. The summed E-state index contributed by atoms with van der Waals surface area (Å²) in [5.74, 6) is 1.26. The first-order chi connectivity index (χ1) is 14.6. The highest BCUT2D eigenvalue weighted by Gasteiger charge is 2.40. The molecule has 0 radical (unpaired) electrons. The molecule has 2 aromatic rings. The zero-order chi connectivity index (χ0) is 22.8. The Hall–Kier alpha value is -2.61. The van der Waals surface area contributed by atoms with E-state index in [0.717, 1.165) is 19.3 Å². The minimum Gasteiger partial charge on any atom is -0.493 e. The van der Waals surface area contributed by atoms with Crippen LogP contribution in [0, 0.1) is 5.82 Å². The summed E-state index contributed by atoms with van der Waals surface area (Å²) in [6.07, 6.45) is 4.02. The molecule has 1 unspecified atom stereocenters. The van der Waals surface area contributed by atoms with E-state index in [1.165, 1.54) is 6.20 Å². The highest BCUT2D eigenvalue weighted by Crippen LogP contribution is 2.36. The molecule has 1 aliphatic rings. The van der Waals surface area contributed by atoms with Gasteiger partial charge in [0.2, 0.25) is 5.95 Å². The lowest BCUT2D eigenvalue weighted by Gasteiger charge is -2.44. The molecule has 1 aliphatic heterocycles. The molecule has 1 atom stereocenters. The Morgan fingerprint density at radius 1 is 1.10 bits per heavy atom. The Bertz CT molecular complexity index is 919. The minimum absolute atomic E-state index is 0.0259. The van der Waals surface area contributed by atoms with E-state index in [0.29, 0.717) is 23.1 Å². The summed E-state index contributed by atoms with van der Waals surface area (Å²) in [6, 6.07) is 5.50. The maximum atomic E-state index is 14.5. The molecule has 2 heterocycles. The quantitative estimate of drug-likeness (QED) is 0.679. The van der Waals surface area contributed by atoms with E-state index in [9.17, 15) is 4.39 Å². The van der Waals surface area contributed by atoms with Crippen LogP contribution in [0.5, 0.6) is 11.5 Å². The van der Waals surface area contributed by atoms with E-state index in [2.05, 4.69) is 60.2 Å². The minimum atomic E-state index is -0.465. The third-order valence-corrected chi connectivity index (χ3v) is 6.39. The first-order valence-electron chi connectivity index (χ1n) is 10.6. The van der Waals surface area contributed by atoms with Crippen LogP contribution in [-0.2, 0) is 0 Å². The molecule has 0 bridgehead atoms. The fourth-order valence-electron chi connectivity index (χ4n) is 4.24. The molecule has 0 saturated carbocycles. The summed E-state index contributed by atoms with van der Waals surface area (Å²) in [5, 5.41) is 6.44. The van der Waals surface area contributed by atoms with Gasteiger partial charge in [0.05, 0.1) is 20.4 Å². The van der Waals surface area contributed by atoms with Crippen molar-refractivity contribution >= 4 is 17.5 Å². The van der Waals surface area contributed by atoms with Crippen molar-refractivity contribution in [1.82, 2.24) is 14.9 Å². The molecule has 3 rings (SSSR count). The second kappa shape index (κ2) is 8.86. The Morgan fingerprint density at radius 3 is 2.48 bits per heavy atom. The van der Waals surface area contributed by atoms with Crippen LogP contribution in [0.1, 0.15) is 47.0 Å². The SMILES string of the molecule is COc1ccc(Nc2ncc(F)c(NC3CCC(C)(C)N(C)C(C)(C)C3)n2)cc1OC. The number of methoxy groups -OCH3 is 2. The number of aromatic nitrogens is 2. The van der Waals surface area contributed by atoms with Crippen LogP contribution in [0.2, 0.25) is 0 Å². The zero-order valence-electron chi connectivity index (χ0n) is 19.5. The number of hydrogen-bond acceptors (Lipinski definition) is 7. The van der Waals surface area contributed by atoms with Crippen molar-refractivity contribution in [2.45, 2.75) is 64.1 Å². The number of halogens is 1. The second-order valence-electron chi connectivity index (χ2n) is 9.35. The van der Waals surface area contributed by atoms with Gasteiger partial charge in [-0.15, -0.1) is 0 Å². The molecule has 1 aromatic carbocycles. The van der Waals surface area contributed by atoms with Crippen molar-refractivity contribution in [1.29, 1.82) is 0 Å². The van der Waals surface area contributed by atoms with Crippen LogP contribution < -0.4 is 20.1 Å². The summed E-state index contributed by atoms with van der Waals surface area (Å²) in [7, 11) is 5.32. The van der Waals surface area contributed by atoms with Crippen LogP contribution in [0.25, 0.3) is 0 Å². The average Bonchev–Trinajstić information content (AvgIpc) is 2.80. The summed E-state index contributed by atoms with van der Waals surface area (Å²) in [5.41, 5.74) is 0.765. The van der Waals surface area contributed by atoms with Gasteiger partial charge >= 0.3 is 0 Å². The fourth-order valence-corrected chi connectivity index (χ4v) is 4.24. The van der Waals surface area contributed by atoms with Gasteiger partial charge in [-0.25, -0.2) is 9.37 Å². The maximum Gasteiger partial charge on any atom is 0.229 e. The van der Waals surface area contributed by atoms with Crippen LogP contribution in [0.4, 0.5) is 21.8 Å². The number of rotatable bonds is 6. The highest BCUT2D eigenvalue weighted by molar-refractivity contribution is 5.60. The largest absolute Gasteiger partial charge is 0.493 e. The van der Waals surface area contributed by atoms with E-state index < -0.39 is 5.82 Å². The molecule has 1 saturated heterocycles. The van der Waals surface area contributed by atoms with Gasteiger partial charge in [-0.1, -0.05) is 0 Å². The molecule has 1 aromatic heterocycles. The smallest absolute Gasteiger partial charge is 0.229 e. The third kappa shape index (κ3) is 5.18. The Balaban J connectivity index is 1.79. The monoisotopic (exact) mass is 431 g/mol. The third-order valence-electron chi connectivity index (χ3n) is 6.39. The zero-order valence-corrected chi connectivity index (χ0v) is 19.5. The van der Waals surface area contributed by atoms with Crippen molar-refractivity contribution in [2.75, 3.05) is 31.9 Å². The lowest BCUT2D eigenvalue weighted by Crippen LogP contribution is -2.52. The predicted octanol–water partition coefficient (Wildman–Crippen LogP) is 4.83. The molecule has 7 nitrogen and oxygen atoms in total. The molecule has 0 amide bonds. The highest BCUT2D eigenvalue weighted by atomic mass is 19.1. The first kappa shape index (κ1) is 23.1. The molecule has 0 spiro atoms. The molecule has 8 heteroatoms. The van der Waals surface area contributed by atoms with E-state index in [1.807, 2.05) is 6.07 Å². The first-order valence-corrected chi connectivity index (χ1v) is 10.6. The molecule has 1 fully saturated rings. The number of nitrogens with zero attached hydrogens (tertiary/aromatic N) is 3. The van der Waals surface area contributed by atoms with Crippen LogP contribution in [0.3, 0.4) is 0 Å². The fraction of sp³-hybridized carbons (Fsp3) is 0.565. The molecular formula is C23H34FN5O2. The van der Waals surface area contributed by atoms with Gasteiger partial charge in [0, 0.05) is 28.9 Å². The van der Waals surface area contributed by atoms with Crippen LogP contribution in [-0.4, -0.2) is 53.3 Å². The Labute approximate surface area is 184 Å². The van der Waals surface area contributed by atoms with Gasteiger partial charge in [-0.2, -0.15) is 4.98 Å². The number of ether oxygens (including phenoxy) is 2. The lowest BCUT2D eigenvalue weighted by molar-refractivity contribution is 0.0488. The number of nitrogens with one attached hydrogen (secondary N) is 2. The van der Waals surface area contributed by atoms with Gasteiger partial charge in [-0.3, -0.25) is 4.90 Å². The number of anilines is 3. The van der Waals surface area contributed by atoms with Crippen molar-refractivity contribution in [3.8, 4) is 11.5 Å². The van der Waals surface area contributed by atoms with E-state index in [4.69, 9.17) is 9.47 Å². The number of likely N-dealkylation sites (tertiary alicyclic amines) is 1. The lowest BCUT2D eigenvalue weighted by atomic mass is 9.92. The number of benzene rings is 1. The van der Waals surface area contributed by atoms with Gasteiger partial charge in [0.25, 0.3) is 0 Å². The van der Waals surface area contributed by atoms with Gasteiger partial charge < -0.3 is 20.1 Å². The Morgan fingerprint density at radius 2 is 1.81 bits per heavy atom. The van der Waals surface area contributed by atoms with Gasteiger partial charge in [0.15, 0.2) is 23.1 Å². The van der Waals surface area contributed by atoms with E-state index in [-0.39, 0.29) is 22.9 Å². The van der Waals surface area contributed by atoms with Gasteiger partial charge in [-0.05, 0) is 66.1 Å². The molecule has 0 aliphatic carbocycles. The molecule has 170 valence electrons. The van der Waals surface area contributed by atoms with Crippen molar-refractivity contribution in [2.24, 2.45) is 0 Å². The van der Waals surface area contributed by atoms with Gasteiger partial charge in [0.1, 0.15) is 0 Å². The molecule has 2 N–H and O–H groups in total. The summed E-state index contributed by atoms with van der Waals surface area (Å²) in [4.78, 5) is 10.9. The second-order valence-corrected chi connectivity index (χ2v) is 9.35. The summed E-state index contributed by atoms with van der Waals surface area (Å²) < 4.78 is 25.1. The van der Waals surface area contributed by atoms with E-state index in [1.54, 1.807) is 26.4 Å². The van der Waals surface area contributed by atoms with Crippen LogP contribution in [0.15, 0.2) is 24.4 Å². The predicted molar refractivity (Wildman–Crippen MR) is 122 cm³/mol. The van der Waals surface area contributed by atoms with Crippen molar-refractivity contribution in [3.05, 3.63) is 30.2 Å². The van der Waals surface area contributed by atoms with Crippen LogP contribution >= 0.6 is 0 Å². The summed E-state index contributed by atoms with van der Waals surface area (Å²) >= 11 is 0. The maximum absolute atomic E-state index is 14.5. The molecule has 31 heavy (non-hydrogen) atoms.